The van der Waals surface area contributed by atoms with E-state index in [1.54, 1.807) is 12.1 Å². The highest BCUT2D eigenvalue weighted by Crippen LogP contribution is 2.28. The van der Waals surface area contributed by atoms with Gasteiger partial charge in [0.15, 0.2) is 0 Å². The summed E-state index contributed by atoms with van der Waals surface area (Å²) in [4.78, 5) is 0. The number of ether oxygens (including phenoxy) is 1. The lowest BCUT2D eigenvalue weighted by Gasteiger charge is -2.10. The lowest BCUT2D eigenvalue weighted by molar-refractivity contribution is 0.304. The topological polar surface area (TPSA) is 35.2 Å². The Kier molecular flexibility index (Phi) is 4.96. The Balaban J connectivity index is 2.10. The van der Waals surface area contributed by atoms with Gasteiger partial charge in [0.1, 0.15) is 18.2 Å². The molecule has 2 aromatic carbocycles. The minimum Gasteiger partial charge on any atom is -0.488 e. The Morgan fingerprint density at radius 3 is 2.58 bits per heavy atom. The molecule has 0 saturated heterocycles. The van der Waals surface area contributed by atoms with Crippen LogP contribution in [0.1, 0.15) is 11.1 Å². The van der Waals surface area contributed by atoms with Gasteiger partial charge < -0.3 is 10.5 Å². The van der Waals surface area contributed by atoms with E-state index in [2.05, 4.69) is 31.9 Å². The fourth-order valence-corrected chi connectivity index (χ4v) is 2.79. The van der Waals surface area contributed by atoms with Crippen LogP contribution in [0.4, 0.5) is 4.39 Å². The summed E-state index contributed by atoms with van der Waals surface area (Å²) in [7, 11) is 0. The number of hydrogen-bond acceptors (Lipinski definition) is 2. The van der Waals surface area contributed by atoms with Crippen LogP contribution in [0.15, 0.2) is 45.3 Å². The minimum absolute atomic E-state index is 0.182. The van der Waals surface area contributed by atoms with Gasteiger partial charge in [-0.05, 0) is 51.8 Å². The van der Waals surface area contributed by atoms with Crippen molar-refractivity contribution in [3.8, 4) is 5.75 Å². The zero-order valence-corrected chi connectivity index (χ0v) is 13.2. The van der Waals surface area contributed by atoms with Gasteiger partial charge in [-0.15, -0.1) is 0 Å². The highest BCUT2D eigenvalue weighted by atomic mass is 79.9. The van der Waals surface area contributed by atoms with Crippen LogP contribution >= 0.6 is 31.9 Å². The van der Waals surface area contributed by atoms with Gasteiger partial charge >= 0.3 is 0 Å². The third-order valence-electron chi connectivity index (χ3n) is 2.62. The maximum atomic E-state index is 13.3. The second-order valence-electron chi connectivity index (χ2n) is 3.99. The molecule has 0 aliphatic carbocycles. The van der Waals surface area contributed by atoms with Crippen LogP contribution in [0.25, 0.3) is 0 Å². The highest BCUT2D eigenvalue weighted by molar-refractivity contribution is 9.11. The Bertz CT molecular complexity index is 590. The van der Waals surface area contributed by atoms with Crippen LogP contribution in [0, 0.1) is 5.82 Å². The van der Waals surface area contributed by atoms with Crippen LogP contribution in [-0.2, 0) is 13.2 Å². The van der Waals surface area contributed by atoms with E-state index >= 15 is 0 Å². The summed E-state index contributed by atoms with van der Waals surface area (Å²) < 4.78 is 20.8. The first-order valence-electron chi connectivity index (χ1n) is 5.65. The van der Waals surface area contributed by atoms with Crippen molar-refractivity contribution in [3.63, 3.8) is 0 Å². The van der Waals surface area contributed by atoms with Crippen molar-refractivity contribution < 1.29 is 9.13 Å². The molecule has 0 aromatic heterocycles. The molecule has 0 bridgehead atoms. The molecule has 0 amide bonds. The average Bonchev–Trinajstić information content (AvgIpc) is 2.39. The van der Waals surface area contributed by atoms with Crippen LogP contribution in [0.5, 0.6) is 5.75 Å². The monoisotopic (exact) mass is 387 g/mol. The van der Waals surface area contributed by atoms with Crippen molar-refractivity contribution in [1.82, 2.24) is 0 Å². The summed E-state index contributed by atoms with van der Waals surface area (Å²) in [6, 6.07) is 10.5. The first kappa shape index (κ1) is 14.5. The molecular weight excluding hydrogens is 377 g/mol. The van der Waals surface area contributed by atoms with Crippen molar-refractivity contribution in [2.75, 3.05) is 0 Å². The molecule has 2 nitrogen and oxygen atoms in total. The Hall–Kier alpha value is -0.910. The molecule has 0 unspecified atom stereocenters. The second-order valence-corrected chi connectivity index (χ2v) is 5.76. The van der Waals surface area contributed by atoms with Gasteiger partial charge in [0.25, 0.3) is 0 Å². The fourth-order valence-electron chi connectivity index (χ4n) is 1.63. The van der Waals surface area contributed by atoms with Gasteiger partial charge in [0.2, 0.25) is 0 Å². The average molecular weight is 389 g/mol. The summed E-state index contributed by atoms with van der Waals surface area (Å²) in [6.45, 7) is 0.551. The predicted molar refractivity (Wildman–Crippen MR) is 80.5 cm³/mol. The number of benzene rings is 2. The zero-order chi connectivity index (χ0) is 13.8. The van der Waals surface area contributed by atoms with Gasteiger partial charge in [-0.3, -0.25) is 0 Å². The molecule has 0 fully saturated rings. The predicted octanol–water partition coefficient (Wildman–Crippen LogP) is 4.39. The molecule has 0 atom stereocenters. The largest absolute Gasteiger partial charge is 0.488 e. The van der Waals surface area contributed by atoms with Gasteiger partial charge in [-0.25, -0.2) is 4.39 Å². The number of nitrogens with two attached hydrogens (primary N) is 1. The molecule has 2 rings (SSSR count). The maximum Gasteiger partial charge on any atom is 0.134 e. The van der Waals surface area contributed by atoms with E-state index in [0.717, 1.165) is 20.3 Å². The molecule has 0 saturated carbocycles. The van der Waals surface area contributed by atoms with Crippen LogP contribution in [-0.4, -0.2) is 0 Å². The molecule has 2 N–H and O–H groups in total. The maximum absolute atomic E-state index is 13.3. The van der Waals surface area contributed by atoms with Gasteiger partial charge in [0, 0.05) is 16.6 Å². The third kappa shape index (κ3) is 3.78. The van der Waals surface area contributed by atoms with E-state index in [4.69, 9.17) is 10.5 Å². The Morgan fingerprint density at radius 1 is 1.11 bits per heavy atom. The van der Waals surface area contributed by atoms with Crippen LogP contribution in [0.2, 0.25) is 0 Å². The molecule has 0 heterocycles. The number of hydrogen-bond donors (Lipinski definition) is 1. The fraction of sp³-hybridized carbons (Fsp3) is 0.143. The molecule has 0 aliphatic heterocycles. The second kappa shape index (κ2) is 6.50. The van der Waals surface area contributed by atoms with E-state index in [-0.39, 0.29) is 12.4 Å². The van der Waals surface area contributed by atoms with E-state index in [1.165, 1.54) is 6.07 Å². The quantitative estimate of drug-likeness (QED) is 0.842. The van der Waals surface area contributed by atoms with Gasteiger partial charge in [-0.2, -0.15) is 0 Å². The van der Waals surface area contributed by atoms with Crippen molar-refractivity contribution in [2.45, 2.75) is 13.2 Å². The summed E-state index contributed by atoms with van der Waals surface area (Å²) in [5.74, 6) is 0.456. The molecule has 0 radical (unpaired) electrons. The third-order valence-corrected chi connectivity index (χ3v) is 3.73. The van der Waals surface area contributed by atoms with Crippen molar-refractivity contribution >= 4 is 31.9 Å². The van der Waals surface area contributed by atoms with Crippen molar-refractivity contribution in [3.05, 3.63) is 62.3 Å². The van der Waals surface area contributed by atoms with Gasteiger partial charge in [0.05, 0.1) is 4.47 Å². The van der Waals surface area contributed by atoms with Crippen LogP contribution in [0.3, 0.4) is 0 Å². The normalized spacial score (nSPS) is 10.5. The number of halogens is 3. The van der Waals surface area contributed by atoms with Crippen molar-refractivity contribution in [1.29, 1.82) is 0 Å². The smallest absolute Gasteiger partial charge is 0.134 e. The summed E-state index contributed by atoms with van der Waals surface area (Å²) in [6.07, 6.45) is 0. The summed E-state index contributed by atoms with van der Waals surface area (Å²) >= 11 is 6.80. The molecule has 100 valence electrons. The molecule has 0 spiro atoms. The highest BCUT2D eigenvalue weighted by Gasteiger charge is 2.05. The first-order chi connectivity index (χ1) is 9.10. The molecule has 0 aliphatic rings. The van der Waals surface area contributed by atoms with E-state index in [0.29, 0.717) is 12.2 Å². The SMILES string of the molecule is NCc1cc(COc2ccc(Br)cc2Br)ccc1F. The molecule has 2 aromatic rings. The van der Waals surface area contributed by atoms with E-state index in [9.17, 15) is 4.39 Å². The standard InChI is InChI=1S/C14H12Br2FNO/c15-11-2-4-14(12(16)6-11)19-8-9-1-3-13(17)10(5-9)7-18/h1-6H,7-8,18H2. The molecular formula is C14H12Br2FNO. The molecule has 19 heavy (non-hydrogen) atoms. The number of rotatable bonds is 4. The molecule has 5 heteroatoms. The van der Waals surface area contributed by atoms with E-state index in [1.807, 2.05) is 18.2 Å². The van der Waals surface area contributed by atoms with Crippen molar-refractivity contribution in [2.24, 2.45) is 5.73 Å². The lowest BCUT2D eigenvalue weighted by atomic mass is 10.1. The Labute approximate surface area is 128 Å². The van der Waals surface area contributed by atoms with E-state index < -0.39 is 0 Å². The minimum atomic E-state index is -0.281. The Morgan fingerprint density at radius 2 is 1.89 bits per heavy atom. The first-order valence-corrected chi connectivity index (χ1v) is 7.24. The summed E-state index contributed by atoms with van der Waals surface area (Å²) in [5.41, 5.74) is 6.86. The summed E-state index contributed by atoms with van der Waals surface area (Å²) in [5, 5.41) is 0. The van der Waals surface area contributed by atoms with Gasteiger partial charge in [-0.1, -0.05) is 22.0 Å². The van der Waals surface area contributed by atoms with Crippen LogP contribution < -0.4 is 10.5 Å². The lowest BCUT2D eigenvalue weighted by Crippen LogP contribution is -2.03. The zero-order valence-electron chi connectivity index (χ0n) is 10.00.